The average molecular weight is 1910 g/mol. The van der Waals surface area contributed by atoms with Gasteiger partial charge in [-0.3, -0.25) is 76.7 Å². The number of hydrogen-bond donors (Lipinski definition) is 14. The minimum absolute atomic E-state index is 0.00211. The summed E-state index contributed by atoms with van der Waals surface area (Å²) in [6.45, 7) is 7.68. The Morgan fingerprint density at radius 2 is 0.934 bits per heavy atom. The first-order valence-electron chi connectivity index (χ1n) is 46.6. The fourth-order valence-corrected chi connectivity index (χ4v) is 19.7. The van der Waals surface area contributed by atoms with E-state index in [0.717, 1.165) is 54.0 Å². The van der Waals surface area contributed by atoms with Crippen LogP contribution in [0.1, 0.15) is 178 Å². The maximum atomic E-state index is 15.1. The molecule has 0 saturated carbocycles. The number of nitrogens with zero attached hydrogens (tertiary/aromatic N) is 8. The lowest BCUT2D eigenvalue weighted by atomic mass is 9.84. The molecular weight excluding hydrogens is 1790 g/mol. The van der Waals surface area contributed by atoms with Crippen LogP contribution in [-0.2, 0) is 89.6 Å². The van der Waals surface area contributed by atoms with E-state index >= 15 is 9.59 Å². The number of carbonyl (C=O) groups excluding carboxylic acids is 16. The molecular formula is C97H118N22O16S2. The summed E-state index contributed by atoms with van der Waals surface area (Å²) >= 11 is 3.20. The average Bonchev–Trinajstić information content (AvgIpc) is 1.64. The molecule has 14 rings (SSSR count). The fraction of sp³-hybridized carbons (Fsp3) is 0.443. The van der Waals surface area contributed by atoms with Crippen molar-refractivity contribution < 1.29 is 76.7 Å². The summed E-state index contributed by atoms with van der Waals surface area (Å²) in [6, 6.07) is 19.9. The van der Waals surface area contributed by atoms with Crippen molar-refractivity contribution in [3.8, 4) is 32.3 Å². The predicted molar refractivity (Wildman–Crippen MR) is 511 cm³/mol. The van der Waals surface area contributed by atoms with E-state index in [-0.39, 0.29) is 90.4 Å². The largest absolute Gasteiger partial charge is 0.370 e. The van der Waals surface area contributed by atoms with Crippen molar-refractivity contribution in [2.24, 2.45) is 46.6 Å². The van der Waals surface area contributed by atoms with Gasteiger partial charge in [-0.25, -0.2) is 9.36 Å². The summed E-state index contributed by atoms with van der Waals surface area (Å²) in [4.78, 5) is 231. The summed E-state index contributed by atoms with van der Waals surface area (Å²) in [7, 11) is 0. The number of Topliss-reactive ketones (excluding diaryl/α,β-unsaturated/α-hetero) is 2. The predicted octanol–water partition coefficient (Wildman–Crippen LogP) is 5.79. The first kappa shape index (κ1) is 100. The molecule has 0 radical (unpaired) electrons. The molecule has 18 N–H and O–H groups in total. The Hall–Kier alpha value is -14.2. The van der Waals surface area contributed by atoms with E-state index in [2.05, 4.69) is 85.3 Å². The highest BCUT2D eigenvalue weighted by atomic mass is 32.1. The van der Waals surface area contributed by atoms with Crippen molar-refractivity contribution in [2.45, 2.75) is 223 Å². The second-order valence-corrected chi connectivity index (χ2v) is 37.8. The van der Waals surface area contributed by atoms with Crippen LogP contribution >= 0.6 is 22.7 Å². The highest BCUT2D eigenvalue weighted by Crippen LogP contribution is 2.39. The lowest BCUT2D eigenvalue weighted by molar-refractivity contribution is -0.145. The van der Waals surface area contributed by atoms with Gasteiger partial charge >= 0.3 is 0 Å². The molecule has 6 aromatic heterocycles. The van der Waals surface area contributed by atoms with Gasteiger partial charge in [-0.05, 0) is 115 Å². The molecule has 9 aromatic rings. The van der Waals surface area contributed by atoms with Crippen molar-refractivity contribution in [3.63, 3.8) is 0 Å². The lowest BCUT2D eigenvalue weighted by Gasteiger charge is -2.32. The molecule has 0 spiro atoms. The third-order valence-corrected chi connectivity index (χ3v) is 28.4. The monoisotopic (exact) mass is 1910 g/mol. The van der Waals surface area contributed by atoms with Gasteiger partial charge in [0.2, 0.25) is 82.7 Å². The van der Waals surface area contributed by atoms with E-state index in [1.54, 1.807) is 70.7 Å². The number of thiophene rings is 2. The summed E-state index contributed by atoms with van der Waals surface area (Å²) in [5.74, 6) is -13.3. The van der Waals surface area contributed by atoms with Crippen LogP contribution in [0.5, 0.6) is 0 Å². The van der Waals surface area contributed by atoms with Gasteiger partial charge in [-0.15, -0.1) is 32.9 Å². The van der Waals surface area contributed by atoms with Crippen LogP contribution in [-0.4, -0.2) is 219 Å². The van der Waals surface area contributed by atoms with E-state index in [9.17, 15) is 67.1 Å². The molecule has 14 atom stereocenters. The van der Waals surface area contributed by atoms with Gasteiger partial charge < -0.3 is 85.2 Å². The van der Waals surface area contributed by atoms with Crippen molar-refractivity contribution in [1.82, 2.24) is 92.3 Å². The third kappa shape index (κ3) is 26.1. The van der Waals surface area contributed by atoms with Gasteiger partial charge in [0.05, 0.1) is 54.3 Å². The standard InChI is InChI=1S/C49H59N11O8S.C48H59N11O8S/c1-3-28(2)34-23-41(61)37(24-43(50)62)54-45(64)18-17-44(63)52-19-7-6-11-36(46(51)65)55-47(66)38(21-31-25-53-35-10-5-4-9-33(31)35)56-48(67)40-22-32(26-59(40)49(34)68)60-27-39(57-58-60)29-13-15-30(16-14-29)42-12-8-20-69-42;1-3-27(2)32-22-39(60)35(23-42(49)61)53-44(63)18-17-43(62)51-19-9-8-14-34(45(50)64)54-46(65)36(20-29-24-52-33-13-7-6-12-31(29)33)55-47(66)38-21-30(25-58(38)48(32)67)59-26-37(56-57-59)41-16-15-40(68-41)28-10-4-5-11-28/h4-5,8-10,12-16,20,25,27-28,32,34,36-38,40,53H,3,6-7,11,17-19,21-24,26H2,1-2H3,(H2,50,62)(H2,51,65)(H,52,63)(H,54,64)(H,55,66)(H,56,67);4-7,10,12-13,15-16,24,26-27,30,32,34-36,38,52H,3,8-9,11,14,17-23,25H2,1-2H3,(H2,49,61)(H2,50,64)(H,51,62)(H,53,63)(H,54,65)(H,55,66)/t28-,32-,34-,36-,37-,38-,40-;27-,30-,32-,34-,35-,36-,38-/m00/s1. The van der Waals surface area contributed by atoms with Gasteiger partial charge in [0.1, 0.15) is 47.6 Å². The number of primary amides is 4. The molecule has 724 valence electrons. The second kappa shape index (κ2) is 46.9. The summed E-state index contributed by atoms with van der Waals surface area (Å²) < 4.78 is 3.24. The van der Waals surface area contributed by atoms with E-state index in [4.69, 9.17) is 22.9 Å². The number of amides is 14. The normalized spacial score (nSPS) is 23.9. The summed E-state index contributed by atoms with van der Waals surface area (Å²) in [6.07, 6.45) is 14.0. The molecule has 5 aliphatic rings. The Balaban J connectivity index is 0.000000232. The zero-order valence-corrected chi connectivity index (χ0v) is 78.5. The van der Waals surface area contributed by atoms with E-state index in [0.29, 0.717) is 61.0 Å². The van der Waals surface area contributed by atoms with Crippen LogP contribution < -0.4 is 65.5 Å². The van der Waals surface area contributed by atoms with Gasteiger partial charge in [0.25, 0.3) is 0 Å². The fourth-order valence-electron chi connectivity index (χ4n) is 18.0. The maximum Gasteiger partial charge on any atom is 0.243 e. The van der Waals surface area contributed by atoms with Gasteiger partial charge in [-0.1, -0.05) is 136 Å². The van der Waals surface area contributed by atoms with Crippen LogP contribution in [0.25, 0.3) is 59.6 Å². The molecule has 0 unspecified atom stereocenters. The van der Waals surface area contributed by atoms with E-state index in [1.807, 2.05) is 122 Å². The number of allylic oxidation sites excluding steroid dienone is 4. The van der Waals surface area contributed by atoms with Gasteiger partial charge in [-0.2, -0.15) is 0 Å². The molecule has 38 nitrogen and oxygen atoms in total. The first-order chi connectivity index (χ1) is 65.9. The number of nitrogens with two attached hydrogens (primary N) is 4. The second-order valence-electron chi connectivity index (χ2n) is 35.8. The minimum atomic E-state index is -1.38. The Morgan fingerprint density at radius 1 is 0.482 bits per heavy atom. The molecule has 1 aliphatic carbocycles. The molecule has 0 bridgehead atoms. The number of H-pyrrole nitrogens is 2. The Morgan fingerprint density at radius 3 is 1.38 bits per heavy atom. The molecule has 137 heavy (non-hydrogen) atoms. The number of benzene rings is 3. The number of fused-ring (bicyclic) bond motifs is 4. The van der Waals surface area contributed by atoms with Crippen molar-refractivity contribution in [1.29, 1.82) is 0 Å². The van der Waals surface area contributed by atoms with E-state index < -0.39 is 204 Å². The zero-order chi connectivity index (χ0) is 97.7. The number of carbonyl (C=O) groups is 16. The van der Waals surface area contributed by atoms with Crippen LogP contribution in [0.15, 0.2) is 145 Å². The van der Waals surface area contributed by atoms with Crippen molar-refractivity contribution >= 4 is 144 Å². The SMILES string of the molecule is CC[C@H](C)[C@@H]1CC(=O)[C@H](CC(N)=O)NC(=O)CCC(=O)NCCCC[C@@H](C(N)=O)NC(=O)[C@H](Cc2c[nH]c3ccccc23)NC(=O)[C@@H]2C[C@H](n3cc(-c4ccc(-c5cccs5)cc4)nn3)CN2C1=O.CC[C@H](C)[C@@H]1CC(=O)[C@H](CC(N)=O)NC(=O)CCC(=O)NCCCC[C@@H](C(N)=O)NC(=O)[C@H](Cc2c[nH]c3ccccc23)NC(=O)[C@@H]2C[C@H](n3cc(-c4ccc(C5=CC=CC5)s4)nn3)CN2C1=O. The number of aromatic amines is 2. The highest BCUT2D eigenvalue weighted by Gasteiger charge is 2.48. The molecule has 3 aromatic carbocycles. The molecule has 4 fully saturated rings. The van der Waals surface area contributed by atoms with Gasteiger partial charge in [0, 0.05) is 152 Å². The van der Waals surface area contributed by atoms with Crippen LogP contribution in [0.4, 0.5) is 0 Å². The minimum Gasteiger partial charge on any atom is -0.370 e. The van der Waals surface area contributed by atoms with Crippen LogP contribution in [0.3, 0.4) is 0 Å². The number of hydrogen-bond acceptors (Lipinski definition) is 22. The third-order valence-electron chi connectivity index (χ3n) is 26.3. The molecule has 4 saturated heterocycles. The summed E-state index contributed by atoms with van der Waals surface area (Å²) in [5, 5.41) is 43.4. The first-order valence-corrected chi connectivity index (χ1v) is 48.3. The number of aromatic nitrogens is 8. The Bertz CT molecular complexity index is 5990. The highest BCUT2D eigenvalue weighted by molar-refractivity contribution is 7.16. The topological polar surface area (TPSA) is 573 Å². The summed E-state index contributed by atoms with van der Waals surface area (Å²) in [5.41, 5.74) is 29.9. The van der Waals surface area contributed by atoms with E-state index in [1.165, 1.54) is 15.4 Å². The molecule has 10 heterocycles. The lowest BCUT2D eigenvalue weighted by Crippen LogP contribution is -2.57. The van der Waals surface area contributed by atoms with Crippen LogP contribution in [0, 0.1) is 23.7 Å². The smallest absolute Gasteiger partial charge is 0.243 e. The Kier molecular flexibility index (Phi) is 34.3. The molecule has 14 amide bonds. The van der Waals surface area contributed by atoms with Crippen LogP contribution in [0.2, 0.25) is 0 Å². The van der Waals surface area contributed by atoms with Gasteiger partial charge in [0.15, 0.2) is 11.6 Å². The zero-order valence-electron chi connectivity index (χ0n) is 76.9. The number of para-hydroxylation sites is 2. The quantitative estimate of drug-likeness (QED) is 0.0429. The maximum absolute atomic E-state index is 15.1. The Labute approximate surface area is 798 Å². The number of nitrogens with one attached hydrogen (secondary N) is 10. The number of rotatable bonds is 20. The van der Waals surface area contributed by atoms with Crippen molar-refractivity contribution in [2.75, 3.05) is 26.2 Å². The molecule has 40 heteroatoms. The molecule has 4 aliphatic heterocycles. The number of ketones is 2. The van der Waals surface area contributed by atoms with Crippen molar-refractivity contribution in [3.05, 3.63) is 161 Å².